The molecule has 1 aliphatic carbocycles. The van der Waals surface area contributed by atoms with Crippen LogP contribution in [0, 0.1) is 6.92 Å². The number of pyridine rings is 1. The second-order valence-corrected chi connectivity index (χ2v) is 10.3. The molecule has 0 spiro atoms. The Morgan fingerprint density at radius 2 is 1.71 bits per heavy atom. The van der Waals surface area contributed by atoms with Gasteiger partial charge < -0.3 is 5.11 Å². The maximum Gasteiger partial charge on any atom is 0.335 e. The van der Waals surface area contributed by atoms with Gasteiger partial charge in [-0.15, -0.1) is 0 Å². The number of carboxylic acids is 1. The van der Waals surface area contributed by atoms with Crippen molar-refractivity contribution in [2.45, 2.75) is 37.1 Å². The average molecular weight is 473 g/mol. The van der Waals surface area contributed by atoms with Crippen molar-refractivity contribution in [1.29, 1.82) is 0 Å². The van der Waals surface area contributed by atoms with Gasteiger partial charge in [0.2, 0.25) is 0 Å². The van der Waals surface area contributed by atoms with Crippen molar-refractivity contribution in [3.8, 4) is 0 Å². The summed E-state index contributed by atoms with van der Waals surface area (Å²) in [6.07, 6.45) is 4.14. The lowest BCUT2D eigenvalue weighted by Crippen LogP contribution is -2.38. The molecule has 172 valence electrons. The molecule has 1 aromatic heterocycles. The fourth-order valence-electron chi connectivity index (χ4n) is 4.81. The highest BCUT2D eigenvalue weighted by atomic mass is 32.2. The van der Waals surface area contributed by atoms with Crippen LogP contribution in [0.5, 0.6) is 0 Å². The van der Waals surface area contributed by atoms with Crippen LogP contribution in [-0.4, -0.2) is 24.5 Å². The van der Waals surface area contributed by atoms with E-state index in [-0.39, 0.29) is 10.5 Å². The van der Waals surface area contributed by atoms with E-state index in [9.17, 15) is 18.3 Å². The van der Waals surface area contributed by atoms with E-state index in [1.165, 1.54) is 28.6 Å². The molecule has 0 saturated heterocycles. The van der Waals surface area contributed by atoms with E-state index in [4.69, 9.17) is 0 Å². The number of anilines is 1. The zero-order valence-corrected chi connectivity index (χ0v) is 19.5. The van der Waals surface area contributed by atoms with Gasteiger partial charge in [-0.05, 0) is 67.0 Å². The van der Waals surface area contributed by atoms with Crippen molar-refractivity contribution in [2.75, 3.05) is 4.31 Å². The Morgan fingerprint density at radius 1 is 1.00 bits per heavy atom. The molecule has 6 nitrogen and oxygen atoms in total. The van der Waals surface area contributed by atoms with Crippen LogP contribution < -0.4 is 4.31 Å². The second kappa shape index (κ2) is 8.57. The molecule has 1 atom stereocenters. The summed E-state index contributed by atoms with van der Waals surface area (Å²) in [4.78, 5) is 16.0. The smallest absolute Gasteiger partial charge is 0.335 e. The minimum absolute atomic E-state index is 0.0357. The molecule has 0 aliphatic heterocycles. The number of aromatic nitrogens is 1. The van der Waals surface area contributed by atoms with Crippen LogP contribution in [0.3, 0.4) is 0 Å². The van der Waals surface area contributed by atoms with E-state index in [2.05, 4.69) is 11.1 Å². The SMILES string of the molecule is Cc1c(N([C@H]2CCCc3ccccc32)S(=O)(=O)c2ccc(C(=O)O)cc2)ncc2ccccc12. The van der Waals surface area contributed by atoms with Gasteiger partial charge in [-0.1, -0.05) is 48.5 Å². The molecule has 5 rings (SSSR count). The molecular weight excluding hydrogens is 448 g/mol. The molecular formula is C27H24N2O4S. The van der Waals surface area contributed by atoms with Gasteiger partial charge in [0.25, 0.3) is 10.0 Å². The average Bonchev–Trinajstić information content (AvgIpc) is 2.86. The zero-order chi connectivity index (χ0) is 23.9. The second-order valence-electron chi connectivity index (χ2n) is 8.53. The van der Waals surface area contributed by atoms with Crippen LogP contribution >= 0.6 is 0 Å². The van der Waals surface area contributed by atoms with Crippen molar-refractivity contribution in [1.82, 2.24) is 4.98 Å². The summed E-state index contributed by atoms with van der Waals surface area (Å²) in [7, 11) is -4.05. The molecule has 1 N–H and O–H groups in total. The van der Waals surface area contributed by atoms with Crippen LogP contribution in [0.4, 0.5) is 5.82 Å². The van der Waals surface area contributed by atoms with E-state index in [0.717, 1.165) is 40.3 Å². The van der Waals surface area contributed by atoms with Gasteiger partial charge in [0.05, 0.1) is 16.5 Å². The first-order chi connectivity index (χ1) is 16.4. The van der Waals surface area contributed by atoms with E-state index in [0.29, 0.717) is 12.2 Å². The number of sulfonamides is 1. The Kier molecular flexibility index (Phi) is 5.57. The Labute approximate surface area is 198 Å². The number of nitrogens with zero attached hydrogens (tertiary/aromatic N) is 2. The molecule has 0 saturated carbocycles. The molecule has 4 aromatic rings. The van der Waals surface area contributed by atoms with E-state index in [1.54, 1.807) is 6.20 Å². The summed E-state index contributed by atoms with van der Waals surface area (Å²) in [5.41, 5.74) is 2.94. The van der Waals surface area contributed by atoms with Crippen molar-refractivity contribution in [2.24, 2.45) is 0 Å². The number of benzene rings is 3. The van der Waals surface area contributed by atoms with Gasteiger partial charge in [0, 0.05) is 17.1 Å². The summed E-state index contributed by atoms with van der Waals surface area (Å²) in [5, 5.41) is 11.1. The molecule has 0 amide bonds. The van der Waals surface area contributed by atoms with Gasteiger partial charge in [-0.2, -0.15) is 0 Å². The maximum absolute atomic E-state index is 14.1. The number of hydrogen-bond acceptors (Lipinski definition) is 4. The monoisotopic (exact) mass is 472 g/mol. The minimum atomic E-state index is -4.05. The normalized spacial score (nSPS) is 15.6. The summed E-state index contributed by atoms with van der Waals surface area (Å²) in [6, 6.07) is 20.7. The predicted molar refractivity (Wildman–Crippen MR) is 132 cm³/mol. The minimum Gasteiger partial charge on any atom is -0.478 e. The highest BCUT2D eigenvalue weighted by Crippen LogP contribution is 2.41. The first kappa shape index (κ1) is 22.1. The highest BCUT2D eigenvalue weighted by Gasteiger charge is 2.37. The van der Waals surface area contributed by atoms with Crippen LogP contribution in [0.25, 0.3) is 10.8 Å². The number of carboxylic acid groups (broad SMARTS) is 1. The van der Waals surface area contributed by atoms with Crippen LogP contribution in [0.15, 0.2) is 83.9 Å². The Bertz CT molecular complexity index is 1500. The van der Waals surface area contributed by atoms with E-state index < -0.39 is 22.0 Å². The van der Waals surface area contributed by atoms with Gasteiger partial charge in [-0.3, -0.25) is 0 Å². The molecule has 1 heterocycles. The molecule has 3 aromatic carbocycles. The van der Waals surface area contributed by atoms with Crippen LogP contribution in [0.2, 0.25) is 0 Å². The van der Waals surface area contributed by atoms with Crippen molar-refractivity contribution >= 4 is 32.6 Å². The maximum atomic E-state index is 14.1. The molecule has 7 heteroatoms. The lowest BCUT2D eigenvalue weighted by molar-refractivity contribution is 0.0696. The molecule has 1 aliphatic rings. The third-order valence-electron chi connectivity index (χ3n) is 6.51. The summed E-state index contributed by atoms with van der Waals surface area (Å²) in [5.74, 6) is -0.711. The topological polar surface area (TPSA) is 87.6 Å². The Hall–Kier alpha value is -3.71. The molecule has 0 bridgehead atoms. The third kappa shape index (κ3) is 3.72. The first-order valence-corrected chi connectivity index (χ1v) is 12.6. The molecule has 0 unspecified atom stereocenters. The van der Waals surface area contributed by atoms with E-state index in [1.807, 2.05) is 49.4 Å². The largest absolute Gasteiger partial charge is 0.478 e. The van der Waals surface area contributed by atoms with Crippen molar-refractivity contribution < 1.29 is 18.3 Å². The fourth-order valence-corrected chi connectivity index (χ4v) is 6.48. The molecule has 0 fully saturated rings. The molecule has 34 heavy (non-hydrogen) atoms. The number of hydrogen-bond donors (Lipinski definition) is 1. The quantitative estimate of drug-likeness (QED) is 0.414. The van der Waals surface area contributed by atoms with E-state index >= 15 is 0 Å². The third-order valence-corrected chi connectivity index (χ3v) is 8.33. The van der Waals surface area contributed by atoms with Gasteiger partial charge >= 0.3 is 5.97 Å². The van der Waals surface area contributed by atoms with Gasteiger partial charge in [0.15, 0.2) is 0 Å². The standard InChI is InChI=1S/C27H24N2O4S/c1-18-23-10-4-3-8-21(23)17-28-26(18)29(25-12-6-9-19-7-2-5-11-24(19)25)34(32,33)22-15-13-20(14-16-22)27(30)31/h2-5,7-8,10-11,13-17,25H,6,9,12H2,1H3,(H,30,31)/t25-/m0/s1. The zero-order valence-electron chi connectivity index (χ0n) is 18.7. The summed E-state index contributed by atoms with van der Waals surface area (Å²) >= 11 is 0. The predicted octanol–water partition coefficient (Wildman–Crippen LogP) is 5.51. The van der Waals surface area contributed by atoms with Crippen LogP contribution in [-0.2, 0) is 16.4 Å². The Balaban J connectivity index is 1.73. The van der Waals surface area contributed by atoms with Crippen molar-refractivity contribution in [3.63, 3.8) is 0 Å². The van der Waals surface area contributed by atoms with Gasteiger partial charge in [-0.25, -0.2) is 22.5 Å². The number of aromatic carboxylic acids is 1. The molecule has 0 radical (unpaired) electrons. The lowest BCUT2D eigenvalue weighted by Gasteiger charge is -2.36. The number of fused-ring (bicyclic) bond motifs is 2. The number of rotatable bonds is 5. The van der Waals surface area contributed by atoms with Gasteiger partial charge in [0.1, 0.15) is 5.82 Å². The first-order valence-electron chi connectivity index (χ1n) is 11.2. The summed E-state index contributed by atoms with van der Waals surface area (Å²) < 4.78 is 29.7. The number of carbonyl (C=O) groups is 1. The number of aryl methyl sites for hydroxylation is 2. The Morgan fingerprint density at radius 3 is 2.47 bits per heavy atom. The summed E-state index contributed by atoms with van der Waals surface area (Å²) in [6.45, 7) is 1.90. The van der Waals surface area contributed by atoms with Crippen molar-refractivity contribution in [3.05, 3.63) is 101 Å². The fraction of sp³-hybridized carbons (Fsp3) is 0.185. The van der Waals surface area contributed by atoms with Crippen LogP contribution in [0.1, 0.15) is 45.9 Å². The highest BCUT2D eigenvalue weighted by molar-refractivity contribution is 7.92. The lowest BCUT2D eigenvalue weighted by atomic mass is 9.87.